The highest BCUT2D eigenvalue weighted by molar-refractivity contribution is 5.15. The number of aliphatic hydroxyl groups is 6. The van der Waals surface area contributed by atoms with Gasteiger partial charge in [0.15, 0.2) is 0 Å². The average molecular weight is 735 g/mol. The molecule has 0 amide bonds. The van der Waals surface area contributed by atoms with Gasteiger partial charge in [-0.1, -0.05) is 0 Å². The molecule has 0 aromatic carbocycles. The zero-order valence-electron chi connectivity index (χ0n) is 27.0. The Labute approximate surface area is 279 Å². The van der Waals surface area contributed by atoms with Crippen LogP contribution < -0.4 is 0 Å². The third-order valence-corrected chi connectivity index (χ3v) is 7.99. The minimum absolute atomic E-state index is 0.0956. The molecule has 4 fully saturated rings. The van der Waals surface area contributed by atoms with Crippen molar-refractivity contribution in [3.63, 3.8) is 0 Å². The Morgan fingerprint density at radius 1 is 0.592 bits per heavy atom. The Kier molecular flexibility index (Phi) is 15.7. The van der Waals surface area contributed by atoms with E-state index in [0.717, 1.165) is 0 Å². The second-order valence-electron chi connectivity index (χ2n) is 13.2. The van der Waals surface area contributed by atoms with Gasteiger partial charge in [-0.05, 0) is 31.6 Å². The minimum Gasteiger partial charge on any atom is -0.396 e. The number of ether oxygens (including phenoxy) is 8. The summed E-state index contributed by atoms with van der Waals surface area (Å²) in [6.07, 6.45) is -15.7. The molecule has 0 aromatic rings. The van der Waals surface area contributed by atoms with E-state index < -0.39 is 86.7 Å². The lowest BCUT2D eigenvalue weighted by molar-refractivity contribution is -0.518. The fraction of sp³-hybridized carbons (Fsp3) is 1.00. The highest BCUT2D eigenvalue weighted by Crippen LogP contribution is 2.60. The normalized spacial score (nSPS) is 29.0. The maximum absolute atomic E-state index is 13.8. The Bertz CT molecular complexity index is 966. The molecule has 49 heavy (non-hydrogen) atoms. The monoisotopic (exact) mass is 734 g/mol. The number of hydrogen-bond acceptors (Lipinski definition) is 14. The van der Waals surface area contributed by atoms with Gasteiger partial charge in [0.05, 0.1) is 69.7 Å². The molecule has 0 aliphatic heterocycles. The van der Waals surface area contributed by atoms with Gasteiger partial charge in [-0.3, -0.25) is 0 Å². The largest absolute Gasteiger partial charge is 0.495 e. The zero-order chi connectivity index (χ0) is 36.4. The predicted molar refractivity (Wildman–Crippen MR) is 151 cm³/mol. The van der Waals surface area contributed by atoms with Gasteiger partial charge in [0, 0.05) is 32.5 Å². The van der Waals surface area contributed by atoms with Gasteiger partial charge in [0.25, 0.3) is 0 Å². The maximum atomic E-state index is 13.8. The summed E-state index contributed by atoms with van der Waals surface area (Å²) in [6, 6.07) is 0. The van der Waals surface area contributed by atoms with Crippen molar-refractivity contribution in [3.8, 4) is 0 Å². The minimum atomic E-state index is -5.49. The van der Waals surface area contributed by atoms with Crippen LogP contribution in [0.15, 0.2) is 0 Å². The first kappa shape index (κ1) is 42.4. The molecule has 5 unspecified atom stereocenters. The summed E-state index contributed by atoms with van der Waals surface area (Å²) in [5.74, 6) is 0.108. The summed E-state index contributed by atoms with van der Waals surface area (Å²) >= 11 is 0. The van der Waals surface area contributed by atoms with E-state index in [1.807, 2.05) is 0 Å². The molecule has 0 spiro atoms. The first-order valence-corrected chi connectivity index (χ1v) is 15.9. The summed E-state index contributed by atoms with van der Waals surface area (Å²) in [4.78, 5) is 0. The van der Waals surface area contributed by atoms with Crippen LogP contribution in [0, 0.1) is 5.92 Å². The summed E-state index contributed by atoms with van der Waals surface area (Å²) in [5, 5.41) is 59.7. The summed E-state index contributed by atoms with van der Waals surface area (Å²) in [7, 11) is 0. The summed E-state index contributed by atoms with van der Waals surface area (Å²) in [5.41, 5.74) is -2.81. The molecule has 14 nitrogen and oxygen atoms in total. The highest BCUT2D eigenvalue weighted by atomic mass is 19.3. The van der Waals surface area contributed by atoms with E-state index in [4.69, 9.17) is 24.1 Å². The lowest BCUT2D eigenvalue weighted by Gasteiger charge is -2.62. The molecule has 0 aromatic heterocycles. The van der Waals surface area contributed by atoms with Crippen molar-refractivity contribution in [3.05, 3.63) is 0 Å². The van der Waals surface area contributed by atoms with Crippen molar-refractivity contribution in [1.82, 2.24) is 0 Å². The van der Waals surface area contributed by atoms with E-state index in [1.165, 1.54) is 0 Å². The lowest BCUT2D eigenvalue weighted by atomic mass is 9.50. The predicted octanol–water partition coefficient (Wildman–Crippen LogP) is 0.519. The standard InChI is InChI=1S/C29H48F6O14/c30-27(31,48-29(34,35)49-28(32,33)19-46-13-22(38)12-45-11-21(37)9-42-3-1-2-36)18-44-5-4-43-10-23(39)14-47-26-8-20-6-24(40,16-26)15-25(41,7-20)17-26/h20-23,36-41H,1-19H2. The number of halogens is 6. The molecule has 4 saturated carbocycles. The lowest BCUT2D eigenvalue weighted by Crippen LogP contribution is -2.66. The Morgan fingerprint density at radius 2 is 1.06 bits per heavy atom. The summed E-state index contributed by atoms with van der Waals surface area (Å²) < 4.78 is 119. The Balaban J connectivity index is 1.23. The number of alkyl halides is 6. The van der Waals surface area contributed by atoms with E-state index in [0.29, 0.717) is 38.5 Å². The highest BCUT2D eigenvalue weighted by Gasteiger charge is 2.63. The van der Waals surface area contributed by atoms with Crippen molar-refractivity contribution in [2.45, 2.75) is 98.6 Å². The SMILES string of the molecule is OCCCOCC(O)COCC(O)COCC(F)(F)OC(F)(F)OC(F)(F)COCCOCC(O)COC12CC3CC(O)(CC(O)(C3)C1)C2. The smallest absolute Gasteiger partial charge is 0.396 e. The molecule has 20 heteroatoms. The first-order valence-electron chi connectivity index (χ1n) is 15.9. The number of hydrogen-bond donors (Lipinski definition) is 6. The Hall–Kier alpha value is -0.980. The van der Waals surface area contributed by atoms with E-state index in [-0.39, 0.29) is 58.6 Å². The Morgan fingerprint density at radius 3 is 1.61 bits per heavy atom. The molecule has 4 aliphatic rings. The second-order valence-corrected chi connectivity index (χ2v) is 13.2. The zero-order valence-corrected chi connectivity index (χ0v) is 27.0. The van der Waals surface area contributed by atoms with Gasteiger partial charge in [-0.25, -0.2) is 9.47 Å². The van der Waals surface area contributed by atoms with Gasteiger partial charge in [0.1, 0.15) is 31.5 Å². The van der Waals surface area contributed by atoms with Crippen LogP contribution in [0.25, 0.3) is 0 Å². The molecule has 4 rings (SSSR count). The number of rotatable bonds is 27. The van der Waals surface area contributed by atoms with Crippen LogP contribution in [-0.4, -0.2) is 164 Å². The maximum Gasteiger partial charge on any atom is 0.495 e. The molecule has 290 valence electrons. The molecule has 0 saturated heterocycles. The quantitative estimate of drug-likeness (QED) is 0.0389. The average Bonchev–Trinajstić information content (AvgIpc) is 2.93. The second kappa shape index (κ2) is 18.2. The van der Waals surface area contributed by atoms with Gasteiger partial charge in [-0.2, -0.15) is 17.6 Å². The van der Waals surface area contributed by atoms with Gasteiger partial charge in [-0.15, -0.1) is 8.78 Å². The topological polar surface area (TPSA) is 195 Å². The van der Waals surface area contributed by atoms with Crippen LogP contribution in [0.1, 0.15) is 44.9 Å². The molecule has 5 atom stereocenters. The molecular formula is C29H48F6O14. The van der Waals surface area contributed by atoms with Gasteiger partial charge in [0.2, 0.25) is 0 Å². The van der Waals surface area contributed by atoms with Crippen molar-refractivity contribution < 1.29 is 94.9 Å². The van der Waals surface area contributed by atoms with Crippen molar-refractivity contribution in [1.29, 1.82) is 0 Å². The van der Waals surface area contributed by atoms with Crippen LogP contribution in [0.5, 0.6) is 0 Å². The van der Waals surface area contributed by atoms with E-state index >= 15 is 0 Å². The van der Waals surface area contributed by atoms with Crippen molar-refractivity contribution >= 4 is 0 Å². The van der Waals surface area contributed by atoms with E-state index in [9.17, 15) is 51.9 Å². The van der Waals surface area contributed by atoms with E-state index in [1.54, 1.807) is 0 Å². The van der Waals surface area contributed by atoms with Crippen LogP contribution >= 0.6 is 0 Å². The van der Waals surface area contributed by atoms with Crippen molar-refractivity contribution in [2.24, 2.45) is 5.92 Å². The van der Waals surface area contributed by atoms with Crippen LogP contribution in [0.2, 0.25) is 0 Å². The van der Waals surface area contributed by atoms with Crippen LogP contribution in [0.4, 0.5) is 26.3 Å². The fourth-order valence-corrected chi connectivity index (χ4v) is 6.82. The van der Waals surface area contributed by atoms with Gasteiger partial charge < -0.3 is 59.1 Å². The summed E-state index contributed by atoms with van der Waals surface area (Å²) in [6.45, 7) is -6.74. The molecule has 4 aliphatic carbocycles. The van der Waals surface area contributed by atoms with Crippen LogP contribution in [0.3, 0.4) is 0 Å². The third kappa shape index (κ3) is 15.3. The molecule has 6 N–H and O–H groups in total. The van der Waals surface area contributed by atoms with E-state index in [2.05, 4.69) is 18.9 Å². The molecular weight excluding hydrogens is 686 g/mol. The van der Waals surface area contributed by atoms with Gasteiger partial charge >= 0.3 is 18.5 Å². The number of aliphatic hydroxyl groups excluding tert-OH is 4. The molecule has 0 heterocycles. The first-order chi connectivity index (χ1) is 22.8. The fourth-order valence-electron chi connectivity index (χ4n) is 6.82. The molecule has 4 bridgehead atoms. The third-order valence-electron chi connectivity index (χ3n) is 7.99. The van der Waals surface area contributed by atoms with Crippen molar-refractivity contribution in [2.75, 3.05) is 79.3 Å². The van der Waals surface area contributed by atoms with Crippen LogP contribution in [-0.2, 0) is 37.9 Å². The molecule has 0 radical (unpaired) electrons.